The molecule has 0 radical (unpaired) electrons. The fraction of sp³-hybridized carbons (Fsp3) is 0.417. The van der Waals surface area contributed by atoms with Crippen LogP contribution in [0.1, 0.15) is 12.0 Å². The number of nitrogens with one attached hydrogen (secondary N) is 1. The van der Waals surface area contributed by atoms with Crippen LogP contribution in [0, 0.1) is 12.7 Å². The highest BCUT2D eigenvalue weighted by molar-refractivity contribution is 9.10. The molecule has 0 aromatic heterocycles. The summed E-state index contributed by atoms with van der Waals surface area (Å²) in [5, 5.41) is 2.87. The SMILES string of the molecule is Cc1cc(F)c(Br)cc1NCC1CC(F)(F)C(=O)O1. The van der Waals surface area contributed by atoms with Gasteiger partial charge in [0.1, 0.15) is 11.9 Å². The van der Waals surface area contributed by atoms with Gasteiger partial charge in [-0.15, -0.1) is 0 Å². The molecule has 3 nitrogen and oxygen atoms in total. The van der Waals surface area contributed by atoms with Crippen molar-refractivity contribution in [1.29, 1.82) is 0 Å². The molecule has 19 heavy (non-hydrogen) atoms. The zero-order valence-electron chi connectivity index (χ0n) is 9.97. The Labute approximate surface area is 116 Å². The molecule has 0 saturated carbocycles. The van der Waals surface area contributed by atoms with E-state index in [0.717, 1.165) is 0 Å². The van der Waals surface area contributed by atoms with Gasteiger partial charge in [0.15, 0.2) is 0 Å². The van der Waals surface area contributed by atoms with Gasteiger partial charge in [0, 0.05) is 5.69 Å². The second kappa shape index (κ2) is 5.03. The smallest absolute Gasteiger partial charge is 0.377 e. The van der Waals surface area contributed by atoms with Crippen molar-refractivity contribution >= 4 is 27.6 Å². The van der Waals surface area contributed by atoms with Crippen LogP contribution < -0.4 is 5.32 Å². The topological polar surface area (TPSA) is 38.3 Å². The van der Waals surface area contributed by atoms with Gasteiger partial charge in [-0.25, -0.2) is 9.18 Å². The van der Waals surface area contributed by atoms with Gasteiger partial charge < -0.3 is 10.1 Å². The summed E-state index contributed by atoms with van der Waals surface area (Å²) < 4.78 is 43.9. The first-order chi connectivity index (χ1) is 8.79. The number of cyclic esters (lactones) is 1. The van der Waals surface area contributed by atoms with Gasteiger partial charge in [-0.1, -0.05) is 0 Å². The van der Waals surface area contributed by atoms with Gasteiger partial charge in [0.25, 0.3) is 0 Å². The zero-order chi connectivity index (χ0) is 14.2. The fourth-order valence-electron chi connectivity index (χ4n) is 1.82. The van der Waals surface area contributed by atoms with Gasteiger partial charge in [0.2, 0.25) is 0 Å². The summed E-state index contributed by atoms with van der Waals surface area (Å²) in [4.78, 5) is 10.8. The normalized spacial score (nSPS) is 21.3. The van der Waals surface area contributed by atoms with Crippen molar-refractivity contribution in [2.24, 2.45) is 0 Å². The molecule has 1 heterocycles. The number of esters is 1. The molecule has 1 saturated heterocycles. The number of ether oxygens (including phenoxy) is 1. The largest absolute Gasteiger partial charge is 0.456 e. The summed E-state index contributed by atoms with van der Waals surface area (Å²) in [6.07, 6.45) is -1.52. The lowest BCUT2D eigenvalue weighted by Gasteiger charge is -2.13. The highest BCUT2D eigenvalue weighted by atomic mass is 79.9. The number of carbonyl (C=O) groups is 1. The lowest BCUT2D eigenvalue weighted by Crippen LogP contribution is -2.22. The molecule has 104 valence electrons. The van der Waals surface area contributed by atoms with E-state index in [-0.39, 0.29) is 11.0 Å². The quantitative estimate of drug-likeness (QED) is 0.860. The number of halogens is 4. The standard InChI is InChI=1S/C12H11BrF3NO2/c1-6-2-9(14)8(13)3-10(6)17-5-7-4-12(15,16)11(18)19-7/h2-3,7,17H,4-5H2,1H3. The van der Waals surface area contributed by atoms with Crippen LogP contribution in [0.3, 0.4) is 0 Å². The summed E-state index contributed by atoms with van der Waals surface area (Å²) >= 11 is 3.04. The van der Waals surface area contributed by atoms with Crippen LogP contribution in [-0.4, -0.2) is 24.5 Å². The number of rotatable bonds is 3. The Balaban J connectivity index is 2.01. The molecule has 0 bridgehead atoms. The molecular formula is C12H11BrF3NO2. The molecule has 7 heteroatoms. The number of aryl methyl sites for hydroxylation is 1. The van der Waals surface area contributed by atoms with Gasteiger partial charge in [-0.05, 0) is 40.5 Å². The second-order valence-corrected chi connectivity index (χ2v) is 5.25. The molecule has 1 aliphatic rings. The summed E-state index contributed by atoms with van der Waals surface area (Å²) in [6.45, 7) is 1.74. The first kappa shape index (κ1) is 14.2. The zero-order valence-corrected chi connectivity index (χ0v) is 11.6. The Kier molecular flexibility index (Phi) is 3.75. The molecule has 1 aromatic carbocycles. The van der Waals surface area contributed by atoms with Crippen LogP contribution in [0.25, 0.3) is 0 Å². The summed E-state index contributed by atoms with van der Waals surface area (Å²) in [7, 11) is 0. The lowest BCUT2D eigenvalue weighted by atomic mass is 10.1. The lowest BCUT2D eigenvalue weighted by molar-refractivity contribution is -0.158. The molecule has 1 fully saturated rings. The Morgan fingerprint density at radius 3 is 2.79 bits per heavy atom. The molecule has 0 aliphatic carbocycles. The molecular weight excluding hydrogens is 327 g/mol. The third-order valence-electron chi connectivity index (χ3n) is 2.84. The van der Waals surface area contributed by atoms with Crippen molar-refractivity contribution in [2.75, 3.05) is 11.9 Å². The van der Waals surface area contributed by atoms with Crippen molar-refractivity contribution in [3.8, 4) is 0 Å². The number of benzene rings is 1. The van der Waals surface area contributed by atoms with Crippen molar-refractivity contribution in [1.82, 2.24) is 0 Å². The summed E-state index contributed by atoms with van der Waals surface area (Å²) in [5.41, 5.74) is 1.23. The van der Waals surface area contributed by atoms with E-state index in [9.17, 15) is 18.0 Å². The van der Waals surface area contributed by atoms with Crippen LogP contribution in [0.4, 0.5) is 18.9 Å². The highest BCUT2D eigenvalue weighted by Gasteiger charge is 2.50. The maximum absolute atomic E-state index is 13.2. The fourth-order valence-corrected chi connectivity index (χ4v) is 2.17. The number of hydrogen-bond donors (Lipinski definition) is 1. The molecule has 2 rings (SSSR count). The highest BCUT2D eigenvalue weighted by Crippen LogP contribution is 2.31. The average Bonchev–Trinajstić information content (AvgIpc) is 2.56. The second-order valence-electron chi connectivity index (χ2n) is 4.40. The Morgan fingerprint density at radius 1 is 1.53 bits per heavy atom. The Hall–Kier alpha value is -1.24. The average molecular weight is 338 g/mol. The Morgan fingerprint density at radius 2 is 2.21 bits per heavy atom. The van der Waals surface area contributed by atoms with Crippen LogP contribution >= 0.6 is 15.9 Å². The first-order valence-corrected chi connectivity index (χ1v) is 6.37. The number of hydrogen-bond acceptors (Lipinski definition) is 3. The maximum atomic E-state index is 13.2. The van der Waals surface area contributed by atoms with E-state index in [1.165, 1.54) is 12.1 Å². The number of alkyl halides is 2. The number of anilines is 1. The molecule has 0 amide bonds. The minimum Gasteiger partial charge on any atom is -0.456 e. The molecule has 1 unspecified atom stereocenters. The van der Waals surface area contributed by atoms with E-state index in [0.29, 0.717) is 11.3 Å². The first-order valence-electron chi connectivity index (χ1n) is 5.58. The molecule has 1 N–H and O–H groups in total. The molecule has 1 atom stereocenters. The maximum Gasteiger partial charge on any atom is 0.377 e. The van der Waals surface area contributed by atoms with Crippen molar-refractivity contribution in [2.45, 2.75) is 25.4 Å². The van der Waals surface area contributed by atoms with E-state index in [1.54, 1.807) is 6.92 Å². The molecule has 1 aliphatic heterocycles. The third-order valence-corrected chi connectivity index (χ3v) is 3.45. The predicted molar refractivity (Wildman–Crippen MR) is 66.8 cm³/mol. The Bertz CT molecular complexity index is 522. The van der Waals surface area contributed by atoms with Crippen LogP contribution in [0.15, 0.2) is 16.6 Å². The van der Waals surface area contributed by atoms with Crippen LogP contribution in [-0.2, 0) is 9.53 Å². The van der Waals surface area contributed by atoms with Crippen molar-refractivity contribution in [3.05, 3.63) is 28.0 Å². The van der Waals surface area contributed by atoms with E-state index in [1.807, 2.05) is 0 Å². The monoisotopic (exact) mass is 337 g/mol. The van der Waals surface area contributed by atoms with Gasteiger partial charge in [-0.2, -0.15) is 8.78 Å². The van der Waals surface area contributed by atoms with E-state index in [2.05, 4.69) is 26.0 Å². The van der Waals surface area contributed by atoms with Crippen LogP contribution in [0.2, 0.25) is 0 Å². The van der Waals surface area contributed by atoms with E-state index < -0.39 is 30.2 Å². The van der Waals surface area contributed by atoms with Crippen LogP contribution in [0.5, 0.6) is 0 Å². The number of carbonyl (C=O) groups excluding carboxylic acids is 1. The van der Waals surface area contributed by atoms with E-state index >= 15 is 0 Å². The molecule has 1 aromatic rings. The minimum absolute atomic E-state index is 0.0558. The molecule has 0 spiro atoms. The summed E-state index contributed by atoms with van der Waals surface area (Å²) in [5.74, 6) is -5.30. The van der Waals surface area contributed by atoms with Gasteiger partial charge >= 0.3 is 11.9 Å². The third kappa shape index (κ3) is 3.02. The van der Waals surface area contributed by atoms with Gasteiger partial charge in [0.05, 0.1) is 17.4 Å². The predicted octanol–water partition coefficient (Wildman–Crippen LogP) is 3.26. The van der Waals surface area contributed by atoms with Gasteiger partial charge in [-0.3, -0.25) is 0 Å². The minimum atomic E-state index is -3.41. The van der Waals surface area contributed by atoms with E-state index in [4.69, 9.17) is 0 Å². The summed E-state index contributed by atoms with van der Waals surface area (Å²) in [6, 6.07) is 2.83. The van der Waals surface area contributed by atoms with Crippen molar-refractivity contribution < 1.29 is 22.7 Å². The van der Waals surface area contributed by atoms with Crippen molar-refractivity contribution in [3.63, 3.8) is 0 Å².